The second-order valence-electron chi connectivity index (χ2n) is 4.27. The van der Waals surface area contributed by atoms with Gasteiger partial charge in [-0.15, -0.1) is 12.4 Å². The predicted octanol–water partition coefficient (Wildman–Crippen LogP) is 2.63. The van der Waals surface area contributed by atoms with Crippen LogP contribution in [-0.2, 0) is 0 Å². The van der Waals surface area contributed by atoms with E-state index >= 15 is 0 Å². The first-order valence-electron chi connectivity index (χ1n) is 5.95. The molecule has 0 aliphatic rings. The van der Waals surface area contributed by atoms with E-state index in [4.69, 9.17) is 5.73 Å². The van der Waals surface area contributed by atoms with Gasteiger partial charge in [-0.25, -0.2) is 8.78 Å². The fraction of sp³-hybridized carbons (Fsp3) is 0.462. The van der Waals surface area contributed by atoms with Crippen molar-refractivity contribution >= 4 is 18.3 Å². The van der Waals surface area contributed by atoms with Gasteiger partial charge in [0.15, 0.2) is 11.6 Å². The molecule has 0 heterocycles. The van der Waals surface area contributed by atoms with E-state index in [1.807, 2.05) is 13.8 Å². The van der Waals surface area contributed by atoms with E-state index in [-0.39, 0.29) is 18.0 Å². The van der Waals surface area contributed by atoms with Crippen molar-refractivity contribution in [2.24, 2.45) is 5.73 Å². The highest BCUT2D eigenvalue weighted by Gasteiger charge is 2.26. The Morgan fingerprint density at radius 3 is 2.26 bits per heavy atom. The van der Waals surface area contributed by atoms with Gasteiger partial charge >= 0.3 is 0 Å². The van der Waals surface area contributed by atoms with Crippen LogP contribution in [0.2, 0.25) is 0 Å². The van der Waals surface area contributed by atoms with E-state index in [1.165, 1.54) is 6.07 Å². The van der Waals surface area contributed by atoms with Crippen molar-refractivity contribution in [3.8, 4) is 0 Å². The molecule has 1 rings (SSSR count). The number of amides is 1. The lowest BCUT2D eigenvalue weighted by atomic mass is 9.92. The number of benzene rings is 1. The van der Waals surface area contributed by atoms with Crippen LogP contribution in [0.3, 0.4) is 0 Å². The zero-order chi connectivity index (χ0) is 13.8. The van der Waals surface area contributed by atoms with E-state index < -0.39 is 23.1 Å². The molecule has 0 aliphatic carbocycles. The Kier molecular flexibility index (Phi) is 6.94. The van der Waals surface area contributed by atoms with Gasteiger partial charge in [-0.2, -0.15) is 0 Å². The van der Waals surface area contributed by atoms with Gasteiger partial charge in [0.05, 0.1) is 5.54 Å². The minimum absolute atomic E-state index is 0. The van der Waals surface area contributed by atoms with Crippen molar-refractivity contribution in [3.63, 3.8) is 0 Å². The molecule has 1 aromatic carbocycles. The summed E-state index contributed by atoms with van der Waals surface area (Å²) in [6, 6.07) is 3.07. The zero-order valence-electron chi connectivity index (χ0n) is 11.0. The van der Waals surface area contributed by atoms with E-state index in [2.05, 4.69) is 5.32 Å². The lowest BCUT2D eigenvalue weighted by molar-refractivity contribution is 0.0894. The third-order valence-corrected chi connectivity index (χ3v) is 3.30. The quantitative estimate of drug-likeness (QED) is 0.876. The molecule has 1 amide bonds. The van der Waals surface area contributed by atoms with Crippen molar-refractivity contribution in [2.75, 3.05) is 6.54 Å². The summed E-state index contributed by atoms with van der Waals surface area (Å²) in [6.45, 7) is 4.14. The van der Waals surface area contributed by atoms with Crippen molar-refractivity contribution in [1.29, 1.82) is 0 Å². The molecular formula is C13H19ClF2N2O. The lowest BCUT2D eigenvalue weighted by Crippen LogP contribution is -2.52. The number of nitrogens with two attached hydrogens (primary N) is 1. The highest BCUT2D eigenvalue weighted by atomic mass is 35.5. The summed E-state index contributed by atoms with van der Waals surface area (Å²) in [6.07, 6.45) is 1.35. The molecule has 0 unspecified atom stereocenters. The first-order chi connectivity index (χ1) is 8.48. The molecule has 0 saturated heterocycles. The van der Waals surface area contributed by atoms with Crippen molar-refractivity contribution < 1.29 is 13.6 Å². The van der Waals surface area contributed by atoms with Gasteiger partial charge in [0, 0.05) is 12.1 Å². The molecule has 0 spiro atoms. The second kappa shape index (κ2) is 7.40. The topological polar surface area (TPSA) is 55.1 Å². The average molecular weight is 293 g/mol. The maximum absolute atomic E-state index is 13.0. The van der Waals surface area contributed by atoms with Gasteiger partial charge in [0.1, 0.15) is 0 Å². The third-order valence-electron chi connectivity index (χ3n) is 3.30. The summed E-state index contributed by atoms with van der Waals surface area (Å²) < 4.78 is 25.8. The summed E-state index contributed by atoms with van der Waals surface area (Å²) in [5, 5.41) is 2.79. The zero-order valence-corrected chi connectivity index (χ0v) is 11.8. The van der Waals surface area contributed by atoms with Crippen LogP contribution in [-0.4, -0.2) is 18.0 Å². The van der Waals surface area contributed by atoms with Crippen LogP contribution < -0.4 is 11.1 Å². The second-order valence-corrected chi connectivity index (χ2v) is 4.27. The Hall–Kier alpha value is -1.20. The third kappa shape index (κ3) is 4.14. The van der Waals surface area contributed by atoms with Crippen LogP contribution >= 0.6 is 12.4 Å². The van der Waals surface area contributed by atoms with Crippen LogP contribution in [0.4, 0.5) is 8.78 Å². The molecule has 3 N–H and O–H groups in total. The summed E-state index contributed by atoms with van der Waals surface area (Å²) in [7, 11) is 0. The molecule has 0 aromatic heterocycles. The molecule has 0 radical (unpaired) electrons. The first kappa shape index (κ1) is 17.8. The normalized spacial score (nSPS) is 10.8. The van der Waals surface area contributed by atoms with Crippen LogP contribution in [0.1, 0.15) is 37.0 Å². The Balaban J connectivity index is 0.00000324. The Morgan fingerprint density at radius 2 is 1.84 bits per heavy atom. The van der Waals surface area contributed by atoms with Crippen LogP contribution in [0.25, 0.3) is 0 Å². The van der Waals surface area contributed by atoms with E-state index in [0.717, 1.165) is 12.1 Å². The van der Waals surface area contributed by atoms with E-state index in [1.54, 1.807) is 0 Å². The van der Waals surface area contributed by atoms with Crippen LogP contribution in [0, 0.1) is 11.6 Å². The summed E-state index contributed by atoms with van der Waals surface area (Å²) >= 11 is 0. The number of rotatable bonds is 5. The molecule has 6 heteroatoms. The number of halogens is 3. The van der Waals surface area contributed by atoms with Crippen molar-refractivity contribution in [3.05, 3.63) is 35.4 Å². The van der Waals surface area contributed by atoms with Crippen molar-refractivity contribution in [1.82, 2.24) is 5.32 Å². The number of carbonyl (C=O) groups excluding carboxylic acids is 1. The highest BCUT2D eigenvalue weighted by Crippen LogP contribution is 2.15. The summed E-state index contributed by atoms with van der Waals surface area (Å²) in [4.78, 5) is 11.9. The molecule has 108 valence electrons. The van der Waals surface area contributed by atoms with Gasteiger partial charge in [0.2, 0.25) is 0 Å². The molecule has 0 fully saturated rings. The monoisotopic (exact) mass is 292 g/mol. The largest absolute Gasteiger partial charge is 0.345 e. The predicted molar refractivity (Wildman–Crippen MR) is 73.4 cm³/mol. The van der Waals surface area contributed by atoms with Gasteiger partial charge in [-0.1, -0.05) is 13.8 Å². The number of carbonyl (C=O) groups is 1. The smallest absolute Gasteiger partial charge is 0.251 e. The minimum atomic E-state index is -1.03. The summed E-state index contributed by atoms with van der Waals surface area (Å²) in [5.74, 6) is -2.44. The maximum atomic E-state index is 13.0. The molecule has 19 heavy (non-hydrogen) atoms. The van der Waals surface area contributed by atoms with E-state index in [0.29, 0.717) is 19.4 Å². The maximum Gasteiger partial charge on any atom is 0.251 e. The number of nitrogens with one attached hydrogen (secondary N) is 1. The highest BCUT2D eigenvalue weighted by molar-refractivity contribution is 5.94. The standard InChI is InChI=1S/C13H18F2N2O.ClH/c1-3-13(4-2,8-16)17-12(18)9-5-6-10(14)11(15)7-9;/h5-7H,3-4,8,16H2,1-2H3,(H,17,18);1H. The molecule has 0 bridgehead atoms. The van der Waals surface area contributed by atoms with E-state index in [9.17, 15) is 13.6 Å². The average Bonchev–Trinajstić information content (AvgIpc) is 2.39. The van der Waals surface area contributed by atoms with Crippen LogP contribution in [0.5, 0.6) is 0 Å². The van der Waals surface area contributed by atoms with Crippen LogP contribution in [0.15, 0.2) is 18.2 Å². The molecule has 1 aromatic rings. The molecule has 0 aliphatic heterocycles. The van der Waals surface area contributed by atoms with Gasteiger partial charge < -0.3 is 11.1 Å². The lowest BCUT2D eigenvalue weighted by Gasteiger charge is -2.31. The SMILES string of the molecule is CCC(CC)(CN)NC(=O)c1ccc(F)c(F)c1.Cl. The number of hydrogen-bond donors (Lipinski definition) is 2. The Labute approximate surface area is 118 Å². The minimum Gasteiger partial charge on any atom is -0.345 e. The summed E-state index contributed by atoms with van der Waals surface area (Å²) in [5.41, 5.74) is 5.25. The van der Waals surface area contributed by atoms with Gasteiger partial charge in [-0.3, -0.25) is 4.79 Å². The first-order valence-corrected chi connectivity index (χ1v) is 5.95. The molecule has 0 saturated carbocycles. The fourth-order valence-corrected chi connectivity index (χ4v) is 1.72. The Morgan fingerprint density at radius 1 is 1.26 bits per heavy atom. The molecule has 0 atom stereocenters. The van der Waals surface area contributed by atoms with Gasteiger partial charge in [0.25, 0.3) is 5.91 Å². The number of hydrogen-bond acceptors (Lipinski definition) is 2. The Bertz CT molecular complexity index is 428. The molecule has 3 nitrogen and oxygen atoms in total. The van der Waals surface area contributed by atoms with Crippen molar-refractivity contribution in [2.45, 2.75) is 32.2 Å². The van der Waals surface area contributed by atoms with Gasteiger partial charge in [-0.05, 0) is 31.0 Å². The fourth-order valence-electron chi connectivity index (χ4n) is 1.72. The molecular weight excluding hydrogens is 274 g/mol.